The van der Waals surface area contributed by atoms with Crippen LogP contribution in [0.4, 0.5) is 5.82 Å². The van der Waals surface area contributed by atoms with Gasteiger partial charge in [-0.2, -0.15) is 5.26 Å². The molecule has 1 atom stereocenters. The molecule has 1 aromatic carbocycles. The highest BCUT2D eigenvalue weighted by atomic mass is 16.3. The molecule has 0 bridgehead atoms. The third kappa shape index (κ3) is 3.17. The number of hydrogen-bond acceptors (Lipinski definition) is 5. The van der Waals surface area contributed by atoms with Gasteiger partial charge in [0, 0.05) is 20.6 Å². The topological polar surface area (TPSA) is 100 Å². The molecule has 0 aliphatic rings. The maximum Gasteiger partial charge on any atom is 0.332 e. The van der Waals surface area contributed by atoms with Gasteiger partial charge in [0.2, 0.25) is 0 Å². The highest BCUT2D eigenvalue weighted by Crippen LogP contribution is 2.16. The summed E-state index contributed by atoms with van der Waals surface area (Å²) >= 11 is 0. The Labute approximate surface area is 133 Å². The van der Waals surface area contributed by atoms with E-state index in [1.807, 2.05) is 31.2 Å². The average Bonchev–Trinajstić information content (AvgIpc) is 2.54. The zero-order valence-electron chi connectivity index (χ0n) is 13.2. The molecule has 0 radical (unpaired) electrons. The van der Waals surface area contributed by atoms with Gasteiger partial charge >= 0.3 is 5.69 Å². The van der Waals surface area contributed by atoms with Crippen LogP contribution >= 0.6 is 0 Å². The molecular weight excluding hydrogens is 296 g/mol. The zero-order valence-corrected chi connectivity index (χ0v) is 13.2. The van der Waals surface area contributed by atoms with Crippen molar-refractivity contribution in [2.75, 3.05) is 11.9 Å². The predicted molar refractivity (Wildman–Crippen MR) is 86.3 cm³/mol. The van der Waals surface area contributed by atoms with E-state index in [1.165, 1.54) is 18.7 Å². The lowest BCUT2D eigenvalue weighted by Crippen LogP contribution is -2.40. The summed E-state index contributed by atoms with van der Waals surface area (Å²) in [5.74, 6) is 0.104. The van der Waals surface area contributed by atoms with E-state index in [2.05, 4.69) is 5.32 Å². The van der Waals surface area contributed by atoms with Crippen molar-refractivity contribution in [1.29, 1.82) is 5.26 Å². The standard InChI is InChI=1S/C16H18N4O3/c1-10-5-4-6-11(7-10)13(21)9-18-14-12(8-17)15(22)20(3)16(23)19(14)2/h4-7,13,18,21H,9H2,1-3H3. The summed E-state index contributed by atoms with van der Waals surface area (Å²) in [7, 11) is 2.78. The number of aliphatic hydroxyl groups is 1. The van der Waals surface area contributed by atoms with Crippen molar-refractivity contribution >= 4 is 5.82 Å². The molecule has 23 heavy (non-hydrogen) atoms. The van der Waals surface area contributed by atoms with Gasteiger partial charge in [-0.3, -0.25) is 13.9 Å². The minimum Gasteiger partial charge on any atom is -0.387 e. The number of nitrogens with zero attached hydrogens (tertiary/aromatic N) is 3. The summed E-state index contributed by atoms with van der Waals surface area (Å²) < 4.78 is 2.06. The first-order valence-electron chi connectivity index (χ1n) is 7.05. The molecule has 120 valence electrons. The molecule has 1 aromatic heterocycles. The molecular formula is C16H18N4O3. The zero-order chi connectivity index (χ0) is 17.1. The largest absolute Gasteiger partial charge is 0.387 e. The second-order valence-corrected chi connectivity index (χ2v) is 5.35. The third-order valence-corrected chi connectivity index (χ3v) is 3.67. The van der Waals surface area contributed by atoms with Crippen LogP contribution in [0.5, 0.6) is 0 Å². The van der Waals surface area contributed by atoms with Crippen LogP contribution in [0.3, 0.4) is 0 Å². The number of aliphatic hydroxyl groups excluding tert-OH is 1. The third-order valence-electron chi connectivity index (χ3n) is 3.67. The van der Waals surface area contributed by atoms with Crippen LogP contribution in [0.25, 0.3) is 0 Å². The lowest BCUT2D eigenvalue weighted by molar-refractivity contribution is 0.191. The first kappa shape index (κ1) is 16.5. The lowest BCUT2D eigenvalue weighted by atomic mass is 10.1. The monoisotopic (exact) mass is 314 g/mol. The summed E-state index contributed by atoms with van der Waals surface area (Å²) in [5.41, 5.74) is 0.362. The summed E-state index contributed by atoms with van der Waals surface area (Å²) in [6, 6.07) is 9.20. The number of benzene rings is 1. The van der Waals surface area contributed by atoms with Gasteiger partial charge in [-0.15, -0.1) is 0 Å². The summed E-state index contributed by atoms with van der Waals surface area (Å²) in [6.07, 6.45) is -0.833. The van der Waals surface area contributed by atoms with Crippen LogP contribution in [-0.2, 0) is 14.1 Å². The van der Waals surface area contributed by atoms with E-state index < -0.39 is 17.4 Å². The molecule has 0 aliphatic carbocycles. The summed E-state index contributed by atoms with van der Waals surface area (Å²) in [4.78, 5) is 23.9. The second kappa shape index (κ2) is 6.50. The van der Waals surface area contributed by atoms with E-state index in [4.69, 9.17) is 0 Å². The van der Waals surface area contributed by atoms with E-state index in [9.17, 15) is 20.0 Å². The summed E-state index contributed by atoms with van der Waals surface area (Å²) in [6.45, 7) is 1.99. The van der Waals surface area contributed by atoms with Crippen molar-refractivity contribution in [2.45, 2.75) is 13.0 Å². The molecule has 0 saturated carbocycles. The van der Waals surface area contributed by atoms with Crippen LogP contribution in [-0.4, -0.2) is 20.8 Å². The molecule has 7 heteroatoms. The lowest BCUT2D eigenvalue weighted by Gasteiger charge is -2.17. The Kier molecular flexibility index (Phi) is 4.67. The molecule has 2 aromatic rings. The van der Waals surface area contributed by atoms with E-state index in [0.717, 1.165) is 10.1 Å². The maximum absolute atomic E-state index is 12.0. The fourth-order valence-corrected chi connectivity index (χ4v) is 2.34. The average molecular weight is 314 g/mol. The van der Waals surface area contributed by atoms with Gasteiger partial charge in [0.05, 0.1) is 6.10 Å². The van der Waals surface area contributed by atoms with Crippen molar-refractivity contribution in [3.63, 3.8) is 0 Å². The van der Waals surface area contributed by atoms with Gasteiger partial charge in [0.1, 0.15) is 11.9 Å². The number of nitriles is 1. The van der Waals surface area contributed by atoms with Crippen molar-refractivity contribution in [1.82, 2.24) is 9.13 Å². The molecule has 7 nitrogen and oxygen atoms in total. The second-order valence-electron chi connectivity index (χ2n) is 5.35. The van der Waals surface area contributed by atoms with E-state index in [-0.39, 0.29) is 17.9 Å². The molecule has 1 unspecified atom stereocenters. The normalized spacial score (nSPS) is 11.8. The molecule has 0 amide bonds. The van der Waals surface area contributed by atoms with E-state index in [0.29, 0.717) is 5.56 Å². The van der Waals surface area contributed by atoms with Crippen molar-refractivity contribution in [3.05, 3.63) is 61.8 Å². The van der Waals surface area contributed by atoms with E-state index in [1.54, 1.807) is 6.07 Å². The Bertz CT molecular complexity index is 890. The first-order chi connectivity index (χ1) is 10.9. The Morgan fingerprint density at radius 1 is 1.30 bits per heavy atom. The Morgan fingerprint density at radius 2 is 2.00 bits per heavy atom. The fourth-order valence-electron chi connectivity index (χ4n) is 2.34. The Morgan fingerprint density at radius 3 is 2.61 bits per heavy atom. The van der Waals surface area contributed by atoms with Gasteiger partial charge in [-0.1, -0.05) is 29.8 Å². The number of rotatable bonds is 4. The highest BCUT2D eigenvalue weighted by molar-refractivity contribution is 5.51. The van der Waals surface area contributed by atoms with Crippen LogP contribution in [0.15, 0.2) is 33.9 Å². The molecule has 0 spiro atoms. The number of aromatic nitrogens is 2. The van der Waals surface area contributed by atoms with Gasteiger partial charge in [-0.05, 0) is 12.5 Å². The molecule has 0 saturated heterocycles. The molecule has 0 fully saturated rings. The number of aryl methyl sites for hydroxylation is 1. The first-order valence-corrected chi connectivity index (χ1v) is 7.05. The van der Waals surface area contributed by atoms with E-state index >= 15 is 0 Å². The van der Waals surface area contributed by atoms with Crippen LogP contribution in [0.2, 0.25) is 0 Å². The van der Waals surface area contributed by atoms with Crippen molar-refractivity contribution in [3.8, 4) is 6.07 Å². The van der Waals surface area contributed by atoms with Crippen molar-refractivity contribution in [2.24, 2.45) is 14.1 Å². The molecule has 1 heterocycles. The maximum atomic E-state index is 12.0. The molecule has 0 aliphatic heterocycles. The molecule has 2 N–H and O–H groups in total. The number of hydrogen-bond donors (Lipinski definition) is 2. The predicted octanol–water partition coefficient (Wildman–Crippen LogP) is 0.410. The van der Waals surface area contributed by atoms with Crippen LogP contribution in [0.1, 0.15) is 22.8 Å². The molecule has 2 rings (SSSR count). The minimum absolute atomic E-state index is 0.0680. The van der Waals surface area contributed by atoms with Gasteiger partial charge in [0.15, 0.2) is 5.56 Å². The minimum atomic E-state index is -0.833. The number of anilines is 1. The van der Waals surface area contributed by atoms with Gasteiger partial charge < -0.3 is 10.4 Å². The fraction of sp³-hybridized carbons (Fsp3) is 0.312. The Balaban J connectivity index is 2.33. The smallest absolute Gasteiger partial charge is 0.332 e. The van der Waals surface area contributed by atoms with Gasteiger partial charge in [-0.25, -0.2) is 4.79 Å². The highest BCUT2D eigenvalue weighted by Gasteiger charge is 2.16. The van der Waals surface area contributed by atoms with Crippen LogP contribution < -0.4 is 16.6 Å². The van der Waals surface area contributed by atoms with Gasteiger partial charge in [0.25, 0.3) is 5.56 Å². The van der Waals surface area contributed by atoms with Crippen molar-refractivity contribution < 1.29 is 5.11 Å². The Hall–Kier alpha value is -2.85. The summed E-state index contributed by atoms with van der Waals surface area (Å²) in [5, 5.41) is 22.3. The SMILES string of the molecule is Cc1cccc(C(O)CNc2c(C#N)c(=O)n(C)c(=O)n2C)c1. The quantitative estimate of drug-likeness (QED) is 0.851. The van der Waals surface area contributed by atoms with Crippen LogP contribution in [0, 0.1) is 18.3 Å². The number of nitrogens with one attached hydrogen (secondary N) is 1.